The lowest BCUT2D eigenvalue weighted by Gasteiger charge is -2.27. The molecule has 1 saturated carbocycles. The molecule has 0 atom stereocenters. The minimum atomic E-state index is -0.419. The lowest BCUT2D eigenvalue weighted by Crippen LogP contribution is -2.28. The Labute approximate surface area is 108 Å². The second-order valence-electron chi connectivity index (χ2n) is 4.50. The summed E-state index contributed by atoms with van der Waals surface area (Å²) in [6.07, 6.45) is 3.15. The van der Waals surface area contributed by atoms with Crippen molar-refractivity contribution in [1.29, 1.82) is 0 Å². The van der Waals surface area contributed by atoms with Gasteiger partial charge in [0.2, 0.25) is 0 Å². The number of anilines is 2. The first kappa shape index (κ1) is 12.6. The molecular formula is C12H16BrFN2O. The van der Waals surface area contributed by atoms with Gasteiger partial charge in [-0.1, -0.05) is 15.9 Å². The number of nitrogens with one attached hydrogen (secondary N) is 1. The molecule has 1 aliphatic carbocycles. The number of nitrogen functional groups attached to an aromatic ring is 1. The van der Waals surface area contributed by atoms with E-state index in [0.29, 0.717) is 10.2 Å². The highest BCUT2D eigenvalue weighted by Gasteiger charge is 2.20. The second kappa shape index (κ2) is 5.23. The Morgan fingerprint density at radius 3 is 2.59 bits per heavy atom. The molecule has 0 aromatic heterocycles. The molecule has 94 valence electrons. The second-order valence-corrected chi connectivity index (χ2v) is 5.41. The van der Waals surface area contributed by atoms with Crippen molar-refractivity contribution >= 4 is 27.3 Å². The Hall–Kier alpha value is -0.810. The third-order valence-corrected chi connectivity index (χ3v) is 3.61. The van der Waals surface area contributed by atoms with Crippen LogP contribution in [0.25, 0.3) is 0 Å². The summed E-state index contributed by atoms with van der Waals surface area (Å²) in [4.78, 5) is 0. The number of aliphatic hydroxyl groups excluding tert-OH is 1. The third-order valence-electron chi connectivity index (χ3n) is 3.15. The van der Waals surface area contributed by atoms with E-state index in [0.717, 1.165) is 25.7 Å². The van der Waals surface area contributed by atoms with E-state index in [2.05, 4.69) is 21.2 Å². The molecule has 17 heavy (non-hydrogen) atoms. The van der Waals surface area contributed by atoms with Crippen LogP contribution >= 0.6 is 15.9 Å². The number of aliphatic hydroxyl groups is 1. The van der Waals surface area contributed by atoms with Crippen LogP contribution in [0, 0.1) is 5.82 Å². The van der Waals surface area contributed by atoms with Crippen LogP contribution in [0.1, 0.15) is 25.7 Å². The van der Waals surface area contributed by atoms with Gasteiger partial charge >= 0.3 is 0 Å². The SMILES string of the molecule is Nc1c(F)cc(Br)cc1N[C@H]1CC[C@H](O)CC1. The maximum Gasteiger partial charge on any atom is 0.149 e. The standard InChI is InChI=1S/C12H16BrFN2O/c13-7-5-10(14)12(15)11(6-7)16-8-1-3-9(17)4-2-8/h5-6,8-9,16-17H,1-4,15H2/t8-,9-. The number of nitrogens with two attached hydrogens (primary N) is 1. The molecule has 0 radical (unpaired) electrons. The number of hydrogen-bond donors (Lipinski definition) is 3. The number of rotatable bonds is 2. The van der Waals surface area contributed by atoms with Crippen LogP contribution in [-0.2, 0) is 0 Å². The fourth-order valence-corrected chi connectivity index (χ4v) is 2.57. The molecule has 0 bridgehead atoms. The predicted molar refractivity (Wildman–Crippen MR) is 70.4 cm³/mol. The summed E-state index contributed by atoms with van der Waals surface area (Å²) in [5.41, 5.74) is 6.46. The zero-order valence-corrected chi connectivity index (χ0v) is 11.0. The van der Waals surface area contributed by atoms with Crippen molar-refractivity contribution in [2.75, 3.05) is 11.1 Å². The van der Waals surface area contributed by atoms with E-state index in [1.165, 1.54) is 6.07 Å². The minimum absolute atomic E-state index is 0.152. The summed E-state index contributed by atoms with van der Waals surface area (Å²) in [7, 11) is 0. The predicted octanol–water partition coefficient (Wildman–Crippen LogP) is 2.89. The molecular weight excluding hydrogens is 287 g/mol. The van der Waals surface area contributed by atoms with Crippen molar-refractivity contribution in [3.05, 3.63) is 22.4 Å². The van der Waals surface area contributed by atoms with Gasteiger partial charge in [-0.2, -0.15) is 0 Å². The van der Waals surface area contributed by atoms with Gasteiger partial charge in [-0.05, 0) is 37.8 Å². The highest BCUT2D eigenvalue weighted by Crippen LogP contribution is 2.30. The van der Waals surface area contributed by atoms with Crippen molar-refractivity contribution in [1.82, 2.24) is 0 Å². The van der Waals surface area contributed by atoms with Gasteiger partial charge in [0.1, 0.15) is 5.82 Å². The van der Waals surface area contributed by atoms with Crippen LogP contribution in [0.15, 0.2) is 16.6 Å². The molecule has 0 unspecified atom stereocenters. The molecule has 2 rings (SSSR count). The van der Waals surface area contributed by atoms with Crippen molar-refractivity contribution in [3.8, 4) is 0 Å². The number of hydrogen-bond acceptors (Lipinski definition) is 3. The molecule has 3 nitrogen and oxygen atoms in total. The Morgan fingerprint density at radius 1 is 1.29 bits per heavy atom. The van der Waals surface area contributed by atoms with Crippen molar-refractivity contribution in [3.63, 3.8) is 0 Å². The average molecular weight is 303 g/mol. The van der Waals surface area contributed by atoms with Crippen LogP contribution in [0.2, 0.25) is 0 Å². The van der Waals surface area contributed by atoms with E-state index in [1.54, 1.807) is 6.07 Å². The highest BCUT2D eigenvalue weighted by atomic mass is 79.9. The largest absolute Gasteiger partial charge is 0.395 e. The monoisotopic (exact) mass is 302 g/mol. The van der Waals surface area contributed by atoms with E-state index < -0.39 is 5.82 Å². The van der Waals surface area contributed by atoms with Gasteiger partial charge in [0.05, 0.1) is 17.5 Å². The van der Waals surface area contributed by atoms with Gasteiger partial charge < -0.3 is 16.2 Å². The average Bonchev–Trinajstić information content (AvgIpc) is 2.28. The maximum atomic E-state index is 13.4. The van der Waals surface area contributed by atoms with E-state index in [4.69, 9.17) is 5.73 Å². The molecule has 0 saturated heterocycles. The fourth-order valence-electron chi connectivity index (χ4n) is 2.14. The zero-order valence-electron chi connectivity index (χ0n) is 9.42. The Balaban J connectivity index is 2.08. The van der Waals surface area contributed by atoms with E-state index >= 15 is 0 Å². The van der Waals surface area contributed by atoms with E-state index in [1.807, 2.05) is 0 Å². The van der Waals surface area contributed by atoms with Crippen LogP contribution in [0.3, 0.4) is 0 Å². The zero-order chi connectivity index (χ0) is 12.4. The van der Waals surface area contributed by atoms with Crippen molar-refractivity contribution in [2.24, 2.45) is 0 Å². The molecule has 1 aromatic rings. The van der Waals surface area contributed by atoms with Gasteiger partial charge in [0.25, 0.3) is 0 Å². The third kappa shape index (κ3) is 3.10. The van der Waals surface area contributed by atoms with E-state index in [9.17, 15) is 9.50 Å². The fraction of sp³-hybridized carbons (Fsp3) is 0.500. The molecule has 5 heteroatoms. The summed E-state index contributed by atoms with van der Waals surface area (Å²) in [6, 6.07) is 3.39. The molecule has 0 amide bonds. The quantitative estimate of drug-likeness (QED) is 0.736. The van der Waals surface area contributed by atoms with Crippen LogP contribution < -0.4 is 11.1 Å². The van der Waals surface area contributed by atoms with Crippen LogP contribution in [0.5, 0.6) is 0 Å². The molecule has 0 aliphatic heterocycles. The summed E-state index contributed by atoms with van der Waals surface area (Å²) >= 11 is 3.25. The number of benzene rings is 1. The number of halogens is 2. The van der Waals surface area contributed by atoms with Crippen molar-refractivity contribution in [2.45, 2.75) is 37.8 Å². The summed E-state index contributed by atoms with van der Waals surface area (Å²) in [5, 5.41) is 12.7. The first-order chi connectivity index (χ1) is 8.06. The van der Waals surface area contributed by atoms with Gasteiger partial charge in [0, 0.05) is 10.5 Å². The smallest absolute Gasteiger partial charge is 0.149 e. The van der Waals surface area contributed by atoms with Crippen molar-refractivity contribution < 1.29 is 9.50 Å². The minimum Gasteiger partial charge on any atom is -0.395 e. The molecule has 1 aliphatic rings. The first-order valence-corrected chi connectivity index (χ1v) is 6.54. The Morgan fingerprint density at radius 2 is 1.94 bits per heavy atom. The van der Waals surface area contributed by atoms with E-state index in [-0.39, 0.29) is 17.8 Å². The van der Waals surface area contributed by atoms with Gasteiger partial charge in [0.15, 0.2) is 0 Å². The Kier molecular flexibility index (Phi) is 3.89. The summed E-state index contributed by atoms with van der Waals surface area (Å²) in [5.74, 6) is -0.419. The summed E-state index contributed by atoms with van der Waals surface area (Å²) < 4.78 is 14.1. The molecule has 1 aromatic carbocycles. The van der Waals surface area contributed by atoms with Gasteiger partial charge in [-0.25, -0.2) is 4.39 Å². The normalized spacial score (nSPS) is 24.6. The first-order valence-electron chi connectivity index (χ1n) is 5.75. The molecule has 1 fully saturated rings. The maximum absolute atomic E-state index is 13.4. The highest BCUT2D eigenvalue weighted by molar-refractivity contribution is 9.10. The van der Waals surface area contributed by atoms with Gasteiger partial charge in [-0.3, -0.25) is 0 Å². The lowest BCUT2D eigenvalue weighted by atomic mass is 9.93. The summed E-state index contributed by atoms with van der Waals surface area (Å²) in [6.45, 7) is 0. The molecule has 0 heterocycles. The van der Waals surface area contributed by atoms with Crippen LogP contribution in [0.4, 0.5) is 15.8 Å². The topological polar surface area (TPSA) is 58.3 Å². The Bertz CT molecular complexity index is 406. The van der Waals surface area contributed by atoms with Crippen LogP contribution in [-0.4, -0.2) is 17.3 Å². The molecule has 4 N–H and O–H groups in total. The lowest BCUT2D eigenvalue weighted by molar-refractivity contribution is 0.126. The molecule has 0 spiro atoms. The van der Waals surface area contributed by atoms with Gasteiger partial charge in [-0.15, -0.1) is 0 Å².